The van der Waals surface area contributed by atoms with Gasteiger partial charge in [-0.1, -0.05) is 0 Å². The summed E-state index contributed by atoms with van der Waals surface area (Å²) in [5.74, 6) is -0.802. The van der Waals surface area contributed by atoms with E-state index in [-0.39, 0.29) is 6.42 Å². The predicted octanol–water partition coefficient (Wildman–Crippen LogP) is 5.83. The minimum absolute atomic E-state index is 0.0258. The van der Waals surface area contributed by atoms with Gasteiger partial charge in [0.15, 0.2) is 0 Å². The molecule has 0 aliphatic carbocycles. The van der Waals surface area contributed by atoms with Gasteiger partial charge in [-0.3, -0.25) is 4.79 Å². The highest BCUT2D eigenvalue weighted by Crippen LogP contribution is 2.37. The Kier molecular flexibility index (Phi) is 5.50. The van der Waals surface area contributed by atoms with Crippen molar-refractivity contribution in [3.63, 3.8) is 0 Å². The molecule has 0 aromatic heterocycles. The fourth-order valence-corrected chi connectivity index (χ4v) is 3.74. The summed E-state index contributed by atoms with van der Waals surface area (Å²) in [6.07, 6.45) is 0.0258. The van der Waals surface area contributed by atoms with Crippen LogP contribution in [0.3, 0.4) is 0 Å². The molecule has 2 rings (SSSR count). The van der Waals surface area contributed by atoms with Gasteiger partial charge in [0.1, 0.15) is 0 Å². The Labute approximate surface area is 157 Å². The van der Waals surface area contributed by atoms with E-state index in [1.807, 2.05) is 6.92 Å². The van der Waals surface area contributed by atoms with E-state index in [1.54, 1.807) is 0 Å². The molecule has 0 radical (unpaired) electrons. The van der Waals surface area contributed by atoms with Crippen LogP contribution in [0.15, 0.2) is 0 Å². The number of hydrogen-bond donors (Lipinski definition) is 2. The van der Waals surface area contributed by atoms with Crippen molar-refractivity contribution in [2.45, 2.75) is 68.7 Å². The number of carbonyl (C=O) groups is 1. The quantitative estimate of drug-likeness (QED) is 0.726. The summed E-state index contributed by atoms with van der Waals surface area (Å²) in [6.45, 7) is 19.0. The topological polar surface area (TPSA) is 49.3 Å². The first-order valence-electron chi connectivity index (χ1n) is 9.13. The van der Waals surface area contributed by atoms with Gasteiger partial charge in [0.2, 0.25) is 0 Å². The Morgan fingerprint density at radius 1 is 0.615 bits per heavy atom. The molecule has 2 aromatic carbocycles. The fraction of sp³-hybridized carbons (Fsp3) is 0.435. The van der Waals surface area contributed by atoms with Crippen LogP contribution in [0.4, 0.5) is 11.4 Å². The summed E-state index contributed by atoms with van der Waals surface area (Å²) < 4.78 is 0. The molecule has 0 atom stereocenters. The second-order valence-electron chi connectivity index (χ2n) is 7.55. The molecule has 0 fully saturated rings. The summed E-state index contributed by atoms with van der Waals surface area (Å²) in [6, 6.07) is 0. The van der Waals surface area contributed by atoms with Crippen LogP contribution in [0, 0.1) is 62.3 Å². The Morgan fingerprint density at radius 3 is 1.38 bits per heavy atom. The maximum Gasteiger partial charge on any atom is 0.307 e. The van der Waals surface area contributed by atoms with E-state index in [9.17, 15) is 9.90 Å². The van der Waals surface area contributed by atoms with E-state index in [4.69, 9.17) is 0 Å². The van der Waals surface area contributed by atoms with Crippen LogP contribution in [0.1, 0.15) is 55.6 Å². The summed E-state index contributed by atoms with van der Waals surface area (Å²) >= 11 is 0. The average Bonchev–Trinajstić information content (AvgIpc) is 2.59. The number of nitrogens with one attached hydrogen (secondary N) is 1. The van der Waals surface area contributed by atoms with E-state index < -0.39 is 5.97 Å². The number of carboxylic acid groups (broad SMARTS) is 1. The minimum atomic E-state index is -0.802. The molecule has 2 N–H and O–H groups in total. The molecule has 0 heterocycles. The van der Waals surface area contributed by atoms with E-state index in [0.717, 1.165) is 28.1 Å². The van der Waals surface area contributed by atoms with Gasteiger partial charge >= 0.3 is 5.97 Å². The maximum atomic E-state index is 11.5. The number of aliphatic carboxylic acids is 1. The summed E-state index contributed by atoms with van der Waals surface area (Å²) in [4.78, 5) is 11.5. The normalized spacial score (nSPS) is 11.0. The van der Waals surface area contributed by atoms with Gasteiger partial charge in [-0.25, -0.2) is 0 Å². The highest BCUT2D eigenvalue weighted by molar-refractivity contribution is 5.81. The van der Waals surface area contributed by atoms with E-state index in [2.05, 4.69) is 60.7 Å². The Morgan fingerprint density at radius 2 is 0.962 bits per heavy atom. The molecule has 3 nitrogen and oxygen atoms in total. The number of carboxylic acids is 1. The molecule has 140 valence electrons. The van der Waals surface area contributed by atoms with Gasteiger partial charge in [-0.2, -0.15) is 0 Å². The molecule has 0 saturated carbocycles. The zero-order valence-electron chi connectivity index (χ0n) is 17.6. The lowest BCUT2D eigenvalue weighted by Gasteiger charge is -2.25. The Balaban J connectivity index is 2.77. The smallest absolute Gasteiger partial charge is 0.307 e. The lowest BCUT2D eigenvalue weighted by Crippen LogP contribution is -2.12. The van der Waals surface area contributed by atoms with Crippen LogP contribution in [-0.4, -0.2) is 11.1 Å². The van der Waals surface area contributed by atoms with Gasteiger partial charge in [-0.05, 0) is 118 Å². The van der Waals surface area contributed by atoms with Crippen molar-refractivity contribution in [3.05, 3.63) is 55.6 Å². The third-order valence-corrected chi connectivity index (χ3v) is 6.39. The maximum absolute atomic E-state index is 11.5. The molecule has 0 amide bonds. The van der Waals surface area contributed by atoms with Crippen LogP contribution < -0.4 is 5.32 Å². The summed E-state index contributed by atoms with van der Waals surface area (Å²) in [5, 5.41) is 13.1. The molecule has 26 heavy (non-hydrogen) atoms. The van der Waals surface area contributed by atoms with E-state index in [1.165, 1.54) is 38.9 Å². The van der Waals surface area contributed by atoms with Gasteiger partial charge in [0.05, 0.1) is 6.42 Å². The second-order valence-corrected chi connectivity index (χ2v) is 7.55. The van der Waals surface area contributed by atoms with Crippen molar-refractivity contribution in [2.75, 3.05) is 5.32 Å². The zero-order valence-corrected chi connectivity index (χ0v) is 17.6. The Hall–Kier alpha value is -2.29. The fourth-order valence-electron chi connectivity index (χ4n) is 3.74. The second kappa shape index (κ2) is 7.14. The molecular weight excluding hydrogens is 322 g/mol. The van der Waals surface area contributed by atoms with Crippen molar-refractivity contribution < 1.29 is 9.90 Å². The Bertz CT molecular complexity index is 879. The van der Waals surface area contributed by atoms with Crippen molar-refractivity contribution >= 4 is 17.3 Å². The van der Waals surface area contributed by atoms with Crippen LogP contribution in [-0.2, 0) is 11.2 Å². The number of rotatable bonds is 4. The molecule has 0 bridgehead atoms. The number of benzene rings is 2. The van der Waals surface area contributed by atoms with Gasteiger partial charge in [-0.15, -0.1) is 0 Å². The first-order valence-corrected chi connectivity index (χ1v) is 9.13. The molecule has 3 heteroatoms. The SMILES string of the molecule is Cc1c(C)c(C)c(Nc2c(C)c(C)c(C)c(C)c2CC(=O)O)c(C)c1C. The van der Waals surface area contributed by atoms with Gasteiger partial charge in [0, 0.05) is 11.4 Å². The monoisotopic (exact) mass is 353 g/mol. The highest BCUT2D eigenvalue weighted by atomic mass is 16.4. The number of hydrogen-bond acceptors (Lipinski definition) is 2. The summed E-state index contributed by atoms with van der Waals surface area (Å²) in [7, 11) is 0. The largest absolute Gasteiger partial charge is 0.481 e. The van der Waals surface area contributed by atoms with Gasteiger partial charge in [0.25, 0.3) is 0 Å². The molecule has 0 unspecified atom stereocenters. The zero-order chi connectivity index (χ0) is 19.9. The first kappa shape index (κ1) is 20.0. The molecular formula is C23H31NO2. The molecule has 0 saturated heterocycles. The third-order valence-electron chi connectivity index (χ3n) is 6.39. The standard InChI is InChI=1S/C23H31NO2/c1-11-13(3)17(7)22(18(8)14(11)4)24-23-19(9)15(5)12(2)16(6)20(23)10-21(25)26/h24H,10H2,1-9H3,(H,25,26). The van der Waals surface area contributed by atoms with Gasteiger partial charge < -0.3 is 10.4 Å². The van der Waals surface area contributed by atoms with Crippen molar-refractivity contribution in [1.29, 1.82) is 0 Å². The van der Waals surface area contributed by atoms with E-state index >= 15 is 0 Å². The highest BCUT2D eigenvalue weighted by Gasteiger charge is 2.20. The van der Waals surface area contributed by atoms with Crippen LogP contribution >= 0.6 is 0 Å². The van der Waals surface area contributed by atoms with Crippen LogP contribution in [0.2, 0.25) is 0 Å². The molecule has 0 aliphatic rings. The van der Waals surface area contributed by atoms with Crippen LogP contribution in [0.5, 0.6) is 0 Å². The van der Waals surface area contributed by atoms with Crippen molar-refractivity contribution in [1.82, 2.24) is 0 Å². The van der Waals surface area contributed by atoms with Crippen LogP contribution in [0.25, 0.3) is 0 Å². The lowest BCUT2D eigenvalue weighted by molar-refractivity contribution is -0.136. The third kappa shape index (κ3) is 3.23. The predicted molar refractivity (Wildman–Crippen MR) is 110 cm³/mol. The first-order chi connectivity index (χ1) is 12.0. The summed E-state index contributed by atoms with van der Waals surface area (Å²) in [5.41, 5.74) is 13.9. The lowest BCUT2D eigenvalue weighted by atomic mass is 9.89. The minimum Gasteiger partial charge on any atom is -0.481 e. The van der Waals surface area contributed by atoms with Crippen molar-refractivity contribution in [3.8, 4) is 0 Å². The number of anilines is 2. The van der Waals surface area contributed by atoms with E-state index in [0.29, 0.717) is 0 Å². The average molecular weight is 354 g/mol. The van der Waals surface area contributed by atoms with Crippen molar-refractivity contribution in [2.24, 2.45) is 0 Å². The molecule has 0 aliphatic heterocycles. The molecule has 0 spiro atoms. The molecule has 2 aromatic rings.